The second kappa shape index (κ2) is 11.9. The Morgan fingerprint density at radius 2 is 1.05 bits per heavy atom. The molecule has 0 atom stereocenters. The van der Waals surface area contributed by atoms with Gasteiger partial charge in [-0.1, -0.05) is 0 Å². The van der Waals surface area contributed by atoms with E-state index in [1.807, 2.05) is 36.4 Å². The molecule has 2 aromatic carbocycles. The summed E-state index contributed by atoms with van der Waals surface area (Å²) in [5.41, 5.74) is 2.95. The van der Waals surface area contributed by atoms with E-state index in [0.717, 1.165) is 111 Å². The van der Waals surface area contributed by atoms with Crippen molar-refractivity contribution in [2.45, 2.75) is 25.7 Å². The molecule has 0 bridgehead atoms. The average Bonchev–Trinajstić information content (AvgIpc) is 3.28. The first kappa shape index (κ1) is 26.0. The molecule has 0 spiro atoms. The highest BCUT2D eigenvalue weighted by Gasteiger charge is 2.17. The maximum absolute atomic E-state index is 13.0. The highest BCUT2D eigenvalue weighted by molar-refractivity contribution is 6.10. The number of Topliss-reactive ketones (excluding diaryl/α,β-unsaturated/α-hetero) is 2. The SMILES string of the molecule is CN1CCN(CCCC(=O)c2ccc3oc4ccc(C(=O)CCCN5CCN(C)CC5)cc4c3c2)CC1. The van der Waals surface area contributed by atoms with Crippen molar-refractivity contribution in [3.8, 4) is 0 Å². The number of ketones is 2. The fourth-order valence-corrected chi connectivity index (χ4v) is 5.48. The molecule has 5 rings (SSSR count). The molecule has 7 heteroatoms. The van der Waals surface area contributed by atoms with Gasteiger partial charge in [-0.25, -0.2) is 0 Å². The van der Waals surface area contributed by atoms with Crippen molar-refractivity contribution in [3.05, 3.63) is 47.5 Å². The van der Waals surface area contributed by atoms with Crippen molar-refractivity contribution >= 4 is 33.5 Å². The molecule has 37 heavy (non-hydrogen) atoms. The van der Waals surface area contributed by atoms with E-state index >= 15 is 0 Å². The third-order valence-electron chi connectivity index (χ3n) is 8.06. The summed E-state index contributed by atoms with van der Waals surface area (Å²) >= 11 is 0. The number of rotatable bonds is 10. The molecule has 2 aliphatic rings. The van der Waals surface area contributed by atoms with Crippen molar-refractivity contribution in [1.82, 2.24) is 19.6 Å². The molecule has 2 fully saturated rings. The Morgan fingerprint density at radius 1 is 0.649 bits per heavy atom. The summed E-state index contributed by atoms with van der Waals surface area (Å²) < 4.78 is 6.02. The standard InChI is InChI=1S/C30H40N4O3/c1-31-13-17-33(18-14-31)11-3-5-27(35)23-7-9-29-25(21-23)26-22-24(8-10-30(26)37-29)28(36)6-4-12-34-19-15-32(2)16-20-34/h7-10,21-22H,3-6,11-20H2,1-2H3. The third-order valence-corrected chi connectivity index (χ3v) is 8.06. The van der Waals surface area contributed by atoms with E-state index in [2.05, 4.69) is 33.7 Å². The summed E-state index contributed by atoms with van der Waals surface area (Å²) in [6, 6.07) is 11.4. The largest absolute Gasteiger partial charge is 0.456 e. The van der Waals surface area contributed by atoms with Gasteiger partial charge >= 0.3 is 0 Å². The number of benzene rings is 2. The molecule has 0 saturated carbocycles. The zero-order chi connectivity index (χ0) is 25.8. The first-order chi connectivity index (χ1) is 18.0. The van der Waals surface area contributed by atoms with E-state index in [1.165, 1.54) is 0 Å². The topological polar surface area (TPSA) is 60.2 Å². The highest BCUT2D eigenvalue weighted by atomic mass is 16.3. The summed E-state index contributed by atoms with van der Waals surface area (Å²) in [5, 5.41) is 1.82. The minimum atomic E-state index is 0.168. The van der Waals surface area contributed by atoms with Gasteiger partial charge in [0.25, 0.3) is 0 Å². The van der Waals surface area contributed by atoms with Crippen LogP contribution in [0, 0.1) is 0 Å². The van der Waals surface area contributed by atoms with Crippen LogP contribution in [-0.4, -0.2) is 111 Å². The van der Waals surface area contributed by atoms with Gasteiger partial charge in [0, 0.05) is 87.1 Å². The van der Waals surface area contributed by atoms with Crippen molar-refractivity contribution in [1.29, 1.82) is 0 Å². The van der Waals surface area contributed by atoms with Crippen molar-refractivity contribution in [2.75, 3.05) is 79.5 Å². The van der Waals surface area contributed by atoms with E-state index in [1.54, 1.807) is 0 Å². The molecule has 2 saturated heterocycles. The molecule has 7 nitrogen and oxygen atoms in total. The zero-order valence-corrected chi connectivity index (χ0v) is 22.4. The van der Waals surface area contributed by atoms with Crippen LogP contribution in [0.15, 0.2) is 40.8 Å². The van der Waals surface area contributed by atoms with Gasteiger partial charge in [0.15, 0.2) is 11.6 Å². The monoisotopic (exact) mass is 504 g/mol. The lowest BCUT2D eigenvalue weighted by molar-refractivity contribution is 0.0959. The van der Waals surface area contributed by atoms with Crippen LogP contribution in [0.1, 0.15) is 46.4 Å². The normalized spacial score (nSPS) is 18.6. The van der Waals surface area contributed by atoms with Gasteiger partial charge in [-0.3, -0.25) is 9.59 Å². The molecule has 0 amide bonds. The van der Waals surface area contributed by atoms with E-state index < -0.39 is 0 Å². The Balaban J connectivity index is 1.20. The fraction of sp³-hybridized carbons (Fsp3) is 0.533. The van der Waals surface area contributed by atoms with E-state index in [4.69, 9.17) is 4.42 Å². The number of hydrogen-bond acceptors (Lipinski definition) is 7. The van der Waals surface area contributed by atoms with Gasteiger partial charge in [-0.15, -0.1) is 0 Å². The lowest BCUT2D eigenvalue weighted by Gasteiger charge is -2.32. The van der Waals surface area contributed by atoms with Gasteiger partial charge in [0.05, 0.1) is 0 Å². The molecular formula is C30H40N4O3. The van der Waals surface area contributed by atoms with Crippen molar-refractivity contribution < 1.29 is 14.0 Å². The predicted octanol–water partition coefficient (Wildman–Crippen LogP) is 4.01. The first-order valence-electron chi connectivity index (χ1n) is 13.8. The number of nitrogens with zero attached hydrogens (tertiary/aromatic N) is 4. The number of furan rings is 1. The molecule has 3 heterocycles. The van der Waals surface area contributed by atoms with E-state index in [0.29, 0.717) is 12.8 Å². The lowest BCUT2D eigenvalue weighted by Crippen LogP contribution is -2.44. The predicted molar refractivity (Wildman–Crippen MR) is 149 cm³/mol. The maximum Gasteiger partial charge on any atom is 0.162 e. The van der Waals surface area contributed by atoms with Crippen molar-refractivity contribution in [2.24, 2.45) is 0 Å². The molecule has 0 aliphatic carbocycles. The second-order valence-corrected chi connectivity index (χ2v) is 10.9. The minimum Gasteiger partial charge on any atom is -0.456 e. The Hall–Kier alpha value is -2.58. The average molecular weight is 505 g/mol. The number of carbonyl (C=O) groups excluding carboxylic acids is 2. The Kier molecular flexibility index (Phi) is 8.35. The summed E-state index contributed by atoms with van der Waals surface area (Å²) in [7, 11) is 4.32. The van der Waals surface area contributed by atoms with Crippen LogP contribution < -0.4 is 0 Å². The van der Waals surface area contributed by atoms with Gasteiger partial charge in [0.1, 0.15) is 11.2 Å². The fourth-order valence-electron chi connectivity index (χ4n) is 5.48. The van der Waals surface area contributed by atoms with E-state index in [-0.39, 0.29) is 11.6 Å². The van der Waals surface area contributed by atoms with Crippen LogP contribution in [0.4, 0.5) is 0 Å². The molecule has 0 radical (unpaired) electrons. The molecular weight excluding hydrogens is 464 g/mol. The number of fused-ring (bicyclic) bond motifs is 3. The Bertz CT molecular complexity index is 1140. The summed E-state index contributed by atoms with van der Waals surface area (Å²) in [4.78, 5) is 35.5. The lowest BCUT2D eigenvalue weighted by atomic mass is 10.0. The minimum absolute atomic E-state index is 0.168. The molecule has 198 valence electrons. The number of likely N-dealkylation sites (N-methyl/N-ethyl adjacent to an activating group) is 2. The maximum atomic E-state index is 13.0. The van der Waals surface area contributed by atoms with Gasteiger partial charge in [-0.2, -0.15) is 0 Å². The summed E-state index contributed by atoms with van der Waals surface area (Å²) in [6.45, 7) is 10.6. The Labute approximate surface area is 220 Å². The van der Waals surface area contributed by atoms with Gasteiger partial charge in [-0.05, 0) is 76.4 Å². The van der Waals surface area contributed by atoms with Gasteiger partial charge in [0.2, 0.25) is 0 Å². The molecule has 3 aromatic rings. The molecule has 1 aromatic heterocycles. The van der Waals surface area contributed by atoms with Gasteiger partial charge < -0.3 is 24.0 Å². The number of hydrogen-bond donors (Lipinski definition) is 0. The highest BCUT2D eigenvalue weighted by Crippen LogP contribution is 2.31. The number of carbonyl (C=O) groups is 2. The smallest absolute Gasteiger partial charge is 0.162 e. The molecule has 0 N–H and O–H groups in total. The van der Waals surface area contributed by atoms with Crippen LogP contribution in [-0.2, 0) is 0 Å². The third kappa shape index (κ3) is 6.47. The van der Waals surface area contributed by atoms with Crippen LogP contribution in [0.5, 0.6) is 0 Å². The molecule has 2 aliphatic heterocycles. The van der Waals surface area contributed by atoms with Crippen molar-refractivity contribution in [3.63, 3.8) is 0 Å². The quantitative estimate of drug-likeness (QED) is 0.387. The number of piperazine rings is 2. The zero-order valence-electron chi connectivity index (χ0n) is 22.4. The summed E-state index contributed by atoms with van der Waals surface area (Å²) in [6.07, 6.45) is 2.84. The van der Waals surface area contributed by atoms with Crippen LogP contribution in [0.3, 0.4) is 0 Å². The second-order valence-electron chi connectivity index (χ2n) is 10.9. The Morgan fingerprint density at radius 3 is 1.46 bits per heavy atom. The first-order valence-corrected chi connectivity index (χ1v) is 13.8. The van der Waals surface area contributed by atoms with Crippen LogP contribution >= 0.6 is 0 Å². The summed E-state index contributed by atoms with van der Waals surface area (Å²) in [5.74, 6) is 0.336. The van der Waals surface area contributed by atoms with Crippen LogP contribution in [0.25, 0.3) is 21.9 Å². The van der Waals surface area contributed by atoms with E-state index in [9.17, 15) is 9.59 Å². The molecule has 0 unspecified atom stereocenters. The van der Waals surface area contributed by atoms with Crippen LogP contribution in [0.2, 0.25) is 0 Å².